The van der Waals surface area contributed by atoms with Gasteiger partial charge >= 0.3 is 12.3 Å². The Bertz CT molecular complexity index is 579. The second kappa shape index (κ2) is 10.6. The summed E-state index contributed by atoms with van der Waals surface area (Å²) in [5.74, 6) is -0.622. The van der Waals surface area contributed by atoms with Crippen LogP contribution in [0.3, 0.4) is 0 Å². The predicted molar refractivity (Wildman–Crippen MR) is 95.6 cm³/mol. The minimum Gasteiger partial charge on any atom is -0.492 e. The molecule has 1 aliphatic heterocycles. The molecule has 2 rings (SSSR count). The summed E-state index contributed by atoms with van der Waals surface area (Å²) >= 11 is 0. The van der Waals surface area contributed by atoms with Gasteiger partial charge in [0.05, 0.1) is 6.54 Å². The highest BCUT2D eigenvalue weighted by molar-refractivity contribution is 5.85. The number of piperidine rings is 1. The van der Waals surface area contributed by atoms with Crippen molar-refractivity contribution in [2.24, 2.45) is 0 Å². The van der Waals surface area contributed by atoms with Gasteiger partial charge in [-0.25, -0.2) is 0 Å². The van der Waals surface area contributed by atoms with Crippen LogP contribution < -0.4 is 9.47 Å². The lowest BCUT2D eigenvalue weighted by atomic mass is 10.0. The number of ether oxygens (including phenoxy) is 2. The molecule has 1 N–H and O–H groups in total. The van der Waals surface area contributed by atoms with Crippen LogP contribution in [0, 0.1) is 0 Å². The lowest BCUT2D eigenvalue weighted by molar-refractivity contribution is -0.274. The van der Waals surface area contributed by atoms with E-state index in [1.807, 2.05) is 11.9 Å². The van der Waals surface area contributed by atoms with Crippen molar-refractivity contribution in [1.29, 1.82) is 0 Å². The van der Waals surface area contributed by atoms with Gasteiger partial charge in [-0.05, 0) is 57.2 Å². The zero-order valence-electron chi connectivity index (χ0n) is 14.9. The van der Waals surface area contributed by atoms with Crippen LogP contribution in [-0.2, 0) is 4.79 Å². The molecule has 1 aromatic carbocycles. The normalized spacial score (nSPS) is 16.0. The number of benzene rings is 1. The van der Waals surface area contributed by atoms with Crippen LogP contribution in [0.5, 0.6) is 11.5 Å². The third-order valence-electron chi connectivity index (χ3n) is 4.30. The van der Waals surface area contributed by atoms with E-state index in [2.05, 4.69) is 9.64 Å². The van der Waals surface area contributed by atoms with E-state index in [0.717, 1.165) is 25.9 Å². The molecule has 0 unspecified atom stereocenters. The molecular formula is C17H24ClF3N2O4. The molecule has 1 aromatic rings. The Morgan fingerprint density at radius 2 is 1.78 bits per heavy atom. The predicted octanol–water partition coefficient (Wildman–Crippen LogP) is 2.87. The number of carbonyl (C=O) groups is 1. The van der Waals surface area contributed by atoms with E-state index in [4.69, 9.17) is 9.84 Å². The molecule has 0 atom stereocenters. The van der Waals surface area contributed by atoms with Crippen LogP contribution in [-0.4, -0.2) is 73.1 Å². The van der Waals surface area contributed by atoms with Crippen molar-refractivity contribution >= 4 is 18.4 Å². The Hall–Kier alpha value is -1.71. The van der Waals surface area contributed by atoms with E-state index < -0.39 is 12.3 Å². The molecule has 1 aliphatic rings. The van der Waals surface area contributed by atoms with Gasteiger partial charge in [-0.2, -0.15) is 0 Å². The monoisotopic (exact) mass is 412 g/mol. The fourth-order valence-electron chi connectivity index (χ4n) is 2.96. The molecule has 1 heterocycles. The van der Waals surface area contributed by atoms with Crippen LogP contribution in [0.2, 0.25) is 0 Å². The summed E-state index contributed by atoms with van der Waals surface area (Å²) in [6.07, 6.45) is -2.91. The topological polar surface area (TPSA) is 62.2 Å². The Balaban J connectivity index is 0.00000364. The minimum atomic E-state index is -4.70. The SMILES string of the molecule is CN(CC(=O)O)C1CCN(CCOc2ccc(OC(F)(F)F)cc2)CC1.Cl. The smallest absolute Gasteiger partial charge is 0.492 e. The summed E-state index contributed by atoms with van der Waals surface area (Å²) in [5.41, 5.74) is 0. The second-order valence-electron chi connectivity index (χ2n) is 6.25. The van der Waals surface area contributed by atoms with E-state index in [-0.39, 0.29) is 30.7 Å². The van der Waals surface area contributed by atoms with Gasteiger partial charge in [0.1, 0.15) is 18.1 Å². The third kappa shape index (κ3) is 8.68. The fourth-order valence-corrected chi connectivity index (χ4v) is 2.96. The highest BCUT2D eigenvalue weighted by Gasteiger charge is 2.31. The number of aliphatic carboxylic acids is 1. The van der Waals surface area contributed by atoms with E-state index in [1.54, 1.807) is 0 Å². The van der Waals surface area contributed by atoms with Crippen molar-refractivity contribution in [2.45, 2.75) is 25.2 Å². The van der Waals surface area contributed by atoms with Crippen LogP contribution in [0.1, 0.15) is 12.8 Å². The third-order valence-corrected chi connectivity index (χ3v) is 4.30. The van der Waals surface area contributed by atoms with Gasteiger partial charge < -0.3 is 14.6 Å². The zero-order chi connectivity index (χ0) is 19.2. The summed E-state index contributed by atoms with van der Waals surface area (Å²) in [6.45, 7) is 2.89. The van der Waals surface area contributed by atoms with Crippen molar-refractivity contribution in [3.05, 3.63) is 24.3 Å². The van der Waals surface area contributed by atoms with Gasteiger partial charge in [0.15, 0.2) is 0 Å². The maximum absolute atomic E-state index is 12.1. The number of likely N-dealkylation sites (tertiary alicyclic amines) is 1. The number of hydrogen-bond acceptors (Lipinski definition) is 5. The lowest BCUT2D eigenvalue weighted by Gasteiger charge is -2.36. The number of likely N-dealkylation sites (N-methyl/N-ethyl adjacent to an activating group) is 1. The van der Waals surface area contributed by atoms with Crippen molar-refractivity contribution in [3.63, 3.8) is 0 Å². The number of rotatable bonds is 8. The largest absolute Gasteiger partial charge is 0.573 e. The molecule has 6 nitrogen and oxygen atoms in total. The van der Waals surface area contributed by atoms with E-state index >= 15 is 0 Å². The van der Waals surface area contributed by atoms with Crippen molar-refractivity contribution in [1.82, 2.24) is 9.80 Å². The first-order valence-corrected chi connectivity index (χ1v) is 8.36. The maximum Gasteiger partial charge on any atom is 0.573 e. The van der Waals surface area contributed by atoms with Crippen LogP contribution in [0.25, 0.3) is 0 Å². The number of carboxylic acid groups (broad SMARTS) is 1. The minimum absolute atomic E-state index is 0. The first-order chi connectivity index (χ1) is 12.2. The molecule has 1 fully saturated rings. The average Bonchev–Trinajstić information content (AvgIpc) is 2.55. The highest BCUT2D eigenvalue weighted by Crippen LogP contribution is 2.24. The first-order valence-electron chi connectivity index (χ1n) is 8.36. The Kier molecular flexibility index (Phi) is 9.14. The van der Waals surface area contributed by atoms with Gasteiger partial charge in [0.2, 0.25) is 0 Å². The lowest BCUT2D eigenvalue weighted by Crippen LogP contribution is -2.45. The highest BCUT2D eigenvalue weighted by atomic mass is 35.5. The van der Waals surface area contributed by atoms with Crippen molar-refractivity contribution < 1.29 is 32.5 Å². The molecule has 0 saturated carbocycles. The second-order valence-corrected chi connectivity index (χ2v) is 6.25. The molecule has 27 heavy (non-hydrogen) atoms. The van der Waals surface area contributed by atoms with Crippen LogP contribution in [0.15, 0.2) is 24.3 Å². The van der Waals surface area contributed by atoms with E-state index in [9.17, 15) is 18.0 Å². The van der Waals surface area contributed by atoms with E-state index in [0.29, 0.717) is 18.9 Å². The fraction of sp³-hybridized carbons (Fsp3) is 0.588. The summed E-state index contributed by atoms with van der Waals surface area (Å²) in [6, 6.07) is 5.58. The van der Waals surface area contributed by atoms with Gasteiger partial charge in [-0.15, -0.1) is 25.6 Å². The summed E-state index contributed by atoms with van der Waals surface area (Å²) in [4.78, 5) is 14.8. The maximum atomic E-state index is 12.1. The van der Waals surface area contributed by atoms with Gasteiger partial charge in [0, 0.05) is 12.6 Å². The molecule has 1 saturated heterocycles. The molecule has 154 valence electrons. The number of hydrogen-bond donors (Lipinski definition) is 1. The summed E-state index contributed by atoms with van der Waals surface area (Å²) in [5, 5.41) is 8.83. The van der Waals surface area contributed by atoms with Crippen molar-refractivity contribution in [2.75, 3.05) is 39.8 Å². The molecule has 0 aromatic heterocycles. The molecule has 0 spiro atoms. The molecule has 0 bridgehead atoms. The Morgan fingerprint density at radius 1 is 1.22 bits per heavy atom. The molecule has 0 amide bonds. The number of alkyl halides is 3. The molecule has 0 aliphatic carbocycles. The molecular weight excluding hydrogens is 389 g/mol. The van der Waals surface area contributed by atoms with Gasteiger partial charge in [-0.3, -0.25) is 14.6 Å². The summed E-state index contributed by atoms with van der Waals surface area (Å²) in [7, 11) is 1.82. The zero-order valence-corrected chi connectivity index (χ0v) is 15.8. The van der Waals surface area contributed by atoms with E-state index in [1.165, 1.54) is 24.3 Å². The van der Waals surface area contributed by atoms with Crippen molar-refractivity contribution in [3.8, 4) is 11.5 Å². The molecule has 0 radical (unpaired) electrons. The van der Waals surface area contributed by atoms with Gasteiger partial charge in [-0.1, -0.05) is 0 Å². The Morgan fingerprint density at radius 3 is 2.30 bits per heavy atom. The Labute approximate surface area is 162 Å². The van der Waals surface area contributed by atoms with Crippen LogP contribution in [0.4, 0.5) is 13.2 Å². The average molecular weight is 413 g/mol. The number of halogens is 4. The quantitative estimate of drug-likeness (QED) is 0.708. The number of carboxylic acids is 1. The first kappa shape index (κ1) is 23.3. The molecule has 10 heteroatoms. The standard InChI is InChI=1S/C17H23F3N2O4.ClH/c1-21(12-16(23)24)13-6-8-22(9-7-13)10-11-25-14-2-4-15(5-3-14)26-17(18,19)20;/h2-5,13H,6-12H2,1H3,(H,23,24);1H. The van der Waals surface area contributed by atoms with Crippen LogP contribution >= 0.6 is 12.4 Å². The summed E-state index contributed by atoms with van der Waals surface area (Å²) < 4.78 is 45.7. The van der Waals surface area contributed by atoms with Gasteiger partial charge in [0.25, 0.3) is 0 Å². The number of nitrogens with zero attached hydrogens (tertiary/aromatic N) is 2.